The summed E-state index contributed by atoms with van der Waals surface area (Å²) in [4.78, 5) is 12.5. The second-order valence-electron chi connectivity index (χ2n) is 5.83. The Balaban J connectivity index is 0.00000225. The lowest BCUT2D eigenvalue weighted by molar-refractivity contribution is 0.0924. The van der Waals surface area contributed by atoms with Gasteiger partial charge >= 0.3 is 0 Å². The molecule has 2 aromatic carbocycles. The predicted molar refractivity (Wildman–Crippen MR) is 96.5 cm³/mol. The van der Waals surface area contributed by atoms with E-state index in [1.165, 1.54) is 6.07 Å². The zero-order valence-corrected chi connectivity index (χ0v) is 14.8. The molecule has 134 valence electrons. The van der Waals surface area contributed by atoms with E-state index >= 15 is 0 Å². The van der Waals surface area contributed by atoms with Crippen LogP contribution in [0.5, 0.6) is 0 Å². The van der Waals surface area contributed by atoms with Crippen LogP contribution in [0.4, 0.5) is 8.78 Å². The molecule has 2 N–H and O–H groups in total. The van der Waals surface area contributed by atoms with Crippen molar-refractivity contribution in [1.82, 2.24) is 10.6 Å². The summed E-state index contributed by atoms with van der Waals surface area (Å²) in [5.74, 6) is -2.11. The number of carbonyl (C=O) groups is 1. The molecule has 2 atom stereocenters. The van der Waals surface area contributed by atoms with Gasteiger partial charge in [0.25, 0.3) is 5.91 Å². The Hall–Kier alpha value is -1.69. The fourth-order valence-corrected chi connectivity index (χ4v) is 3.27. The highest BCUT2D eigenvalue weighted by Gasteiger charge is 2.29. The number of rotatable bonds is 3. The summed E-state index contributed by atoms with van der Waals surface area (Å²) in [7, 11) is 0. The van der Waals surface area contributed by atoms with Crippen molar-refractivity contribution in [2.24, 2.45) is 0 Å². The van der Waals surface area contributed by atoms with Gasteiger partial charge in [-0.1, -0.05) is 29.8 Å². The van der Waals surface area contributed by atoms with Crippen molar-refractivity contribution in [1.29, 1.82) is 0 Å². The molecule has 7 heteroatoms. The van der Waals surface area contributed by atoms with Gasteiger partial charge in [-0.05, 0) is 42.8 Å². The Morgan fingerprint density at radius 3 is 2.64 bits per heavy atom. The lowest BCUT2D eigenvalue weighted by Gasteiger charge is -2.33. The van der Waals surface area contributed by atoms with Crippen molar-refractivity contribution in [2.45, 2.75) is 18.4 Å². The normalized spacial score (nSPS) is 19.8. The van der Waals surface area contributed by atoms with E-state index < -0.39 is 11.6 Å². The Bertz CT molecular complexity index is 758. The number of halogens is 4. The summed E-state index contributed by atoms with van der Waals surface area (Å²) >= 11 is 6.06. The van der Waals surface area contributed by atoms with Crippen molar-refractivity contribution in [3.05, 3.63) is 70.2 Å². The fraction of sp³-hybridized carbons (Fsp3) is 0.278. The van der Waals surface area contributed by atoms with Gasteiger partial charge in [-0.2, -0.15) is 0 Å². The van der Waals surface area contributed by atoms with Crippen LogP contribution in [0.3, 0.4) is 0 Å². The predicted octanol–water partition coefficient (Wildman–Crippen LogP) is 3.92. The summed E-state index contributed by atoms with van der Waals surface area (Å²) < 4.78 is 26.7. The van der Waals surface area contributed by atoms with Crippen molar-refractivity contribution >= 4 is 29.9 Å². The largest absolute Gasteiger partial charge is 0.347 e. The Morgan fingerprint density at radius 2 is 1.92 bits per heavy atom. The molecule has 0 saturated carbocycles. The number of hydrogen-bond acceptors (Lipinski definition) is 2. The maximum Gasteiger partial charge on any atom is 0.253 e. The molecule has 2 unspecified atom stereocenters. The van der Waals surface area contributed by atoms with Crippen molar-refractivity contribution in [3.8, 4) is 0 Å². The van der Waals surface area contributed by atoms with Gasteiger partial charge in [-0.25, -0.2) is 8.78 Å². The van der Waals surface area contributed by atoms with Gasteiger partial charge in [0.1, 0.15) is 0 Å². The zero-order valence-electron chi connectivity index (χ0n) is 13.3. The maximum absolute atomic E-state index is 13.5. The lowest BCUT2D eigenvalue weighted by atomic mass is 9.85. The molecule has 1 fully saturated rings. The second-order valence-corrected chi connectivity index (χ2v) is 6.24. The van der Waals surface area contributed by atoms with Gasteiger partial charge in [0.05, 0.1) is 10.6 Å². The molecular formula is C18H18Cl2F2N2O. The summed E-state index contributed by atoms with van der Waals surface area (Å²) in [5.41, 5.74) is 1.08. The molecule has 1 aliphatic heterocycles. The minimum atomic E-state index is -0.873. The number of benzene rings is 2. The molecule has 0 radical (unpaired) electrons. The van der Waals surface area contributed by atoms with Crippen molar-refractivity contribution in [3.63, 3.8) is 0 Å². The Labute approximate surface area is 156 Å². The highest BCUT2D eigenvalue weighted by atomic mass is 35.5. The molecule has 2 aromatic rings. The quantitative estimate of drug-likeness (QED) is 0.839. The monoisotopic (exact) mass is 386 g/mol. The number of amides is 1. The molecular weight excluding hydrogens is 369 g/mol. The average Bonchev–Trinajstić information content (AvgIpc) is 2.58. The van der Waals surface area contributed by atoms with E-state index in [2.05, 4.69) is 10.6 Å². The third-order valence-corrected chi connectivity index (χ3v) is 4.62. The summed E-state index contributed by atoms with van der Waals surface area (Å²) in [5, 5.41) is 6.55. The first-order valence-corrected chi connectivity index (χ1v) is 8.15. The van der Waals surface area contributed by atoms with Crippen LogP contribution in [0.15, 0.2) is 42.5 Å². The maximum atomic E-state index is 13.5. The van der Waals surface area contributed by atoms with E-state index in [0.717, 1.165) is 19.0 Å². The molecule has 0 bridgehead atoms. The van der Waals surface area contributed by atoms with Gasteiger partial charge in [0, 0.05) is 18.5 Å². The number of piperidine rings is 1. The fourth-order valence-electron chi connectivity index (χ4n) is 3.04. The third kappa shape index (κ3) is 4.48. The van der Waals surface area contributed by atoms with Crippen LogP contribution < -0.4 is 10.6 Å². The minimum absolute atomic E-state index is 0. The van der Waals surface area contributed by atoms with Crippen molar-refractivity contribution in [2.75, 3.05) is 13.1 Å². The van der Waals surface area contributed by atoms with Crippen LogP contribution >= 0.6 is 24.0 Å². The summed E-state index contributed by atoms with van der Waals surface area (Å²) in [6.45, 7) is 1.31. The number of hydrogen-bond donors (Lipinski definition) is 2. The SMILES string of the molecule is Cl.O=C(NC1CNCCC1c1ccc(F)c(F)c1)c1ccccc1Cl. The first-order chi connectivity index (χ1) is 11.6. The lowest BCUT2D eigenvalue weighted by Crippen LogP contribution is -2.50. The molecule has 0 aromatic heterocycles. The number of nitrogens with one attached hydrogen (secondary N) is 2. The molecule has 0 spiro atoms. The zero-order chi connectivity index (χ0) is 17.1. The molecule has 3 nitrogen and oxygen atoms in total. The topological polar surface area (TPSA) is 41.1 Å². The summed E-state index contributed by atoms with van der Waals surface area (Å²) in [6, 6.07) is 10.5. The smallest absolute Gasteiger partial charge is 0.253 e. The first kappa shape index (κ1) is 19.6. The minimum Gasteiger partial charge on any atom is -0.347 e. The van der Waals surface area contributed by atoms with Gasteiger partial charge < -0.3 is 10.6 Å². The summed E-state index contributed by atoms with van der Waals surface area (Å²) in [6.07, 6.45) is 0.721. The van der Waals surface area contributed by atoms with E-state index in [9.17, 15) is 13.6 Å². The van der Waals surface area contributed by atoms with Gasteiger partial charge in [0.2, 0.25) is 0 Å². The van der Waals surface area contributed by atoms with Gasteiger partial charge in [-0.15, -0.1) is 12.4 Å². The number of carbonyl (C=O) groups excluding carboxylic acids is 1. The van der Waals surface area contributed by atoms with Crippen LogP contribution in [-0.2, 0) is 0 Å². The molecule has 25 heavy (non-hydrogen) atoms. The van der Waals surface area contributed by atoms with Crippen LogP contribution in [0.25, 0.3) is 0 Å². The van der Waals surface area contributed by atoms with Crippen LogP contribution in [-0.4, -0.2) is 25.0 Å². The average molecular weight is 387 g/mol. The second kappa shape index (κ2) is 8.61. The molecule has 1 heterocycles. The van der Waals surface area contributed by atoms with Crippen LogP contribution in [0.1, 0.15) is 28.3 Å². The molecule has 1 amide bonds. The van der Waals surface area contributed by atoms with Gasteiger partial charge in [0.15, 0.2) is 11.6 Å². The molecule has 1 aliphatic rings. The van der Waals surface area contributed by atoms with E-state index in [1.54, 1.807) is 30.3 Å². The van der Waals surface area contributed by atoms with Crippen LogP contribution in [0, 0.1) is 11.6 Å². The van der Waals surface area contributed by atoms with E-state index in [0.29, 0.717) is 22.7 Å². The Morgan fingerprint density at radius 1 is 1.16 bits per heavy atom. The van der Waals surface area contributed by atoms with Gasteiger partial charge in [-0.3, -0.25) is 4.79 Å². The van der Waals surface area contributed by atoms with E-state index in [-0.39, 0.29) is 30.3 Å². The Kier molecular flexibility index (Phi) is 6.76. The van der Waals surface area contributed by atoms with E-state index in [4.69, 9.17) is 11.6 Å². The standard InChI is InChI=1S/C18H17ClF2N2O.ClH/c19-14-4-2-1-3-13(14)18(24)23-17-10-22-8-7-12(17)11-5-6-15(20)16(21)9-11;/h1-6,9,12,17,22H,7-8,10H2,(H,23,24);1H. The first-order valence-electron chi connectivity index (χ1n) is 7.77. The molecule has 0 aliphatic carbocycles. The molecule has 1 saturated heterocycles. The highest BCUT2D eigenvalue weighted by molar-refractivity contribution is 6.33. The molecule has 3 rings (SSSR count). The third-order valence-electron chi connectivity index (χ3n) is 4.29. The van der Waals surface area contributed by atoms with Crippen molar-refractivity contribution < 1.29 is 13.6 Å². The van der Waals surface area contributed by atoms with E-state index in [1.807, 2.05) is 0 Å². The van der Waals surface area contributed by atoms with Crippen LogP contribution in [0.2, 0.25) is 5.02 Å². The highest BCUT2D eigenvalue weighted by Crippen LogP contribution is 2.27.